The van der Waals surface area contributed by atoms with Crippen LogP contribution in [0.2, 0.25) is 0 Å². The standard InChI is InChI=1S/C11H13FN2O5/c1-5-3-14(11(18)13-10(5)17)8-2-6(9(12)16)7(4-15)19-8/h3,6-8,15H,2,4H2,1H3,(H,13,17,18)/t6-,7+,8+/m0/s1. The Hall–Kier alpha value is -1.80. The van der Waals surface area contributed by atoms with Gasteiger partial charge in [0, 0.05) is 18.2 Å². The van der Waals surface area contributed by atoms with Crippen LogP contribution in [-0.2, 0) is 9.53 Å². The number of hydrogen-bond acceptors (Lipinski definition) is 5. The van der Waals surface area contributed by atoms with E-state index in [4.69, 9.17) is 9.84 Å². The van der Waals surface area contributed by atoms with Crippen LogP contribution in [-0.4, -0.2) is 33.4 Å². The predicted octanol–water partition coefficient (Wildman–Crippen LogP) is -0.763. The Morgan fingerprint density at radius 3 is 2.84 bits per heavy atom. The number of aryl methyl sites for hydroxylation is 1. The molecule has 0 spiro atoms. The van der Waals surface area contributed by atoms with Crippen LogP contribution in [0, 0.1) is 12.8 Å². The van der Waals surface area contributed by atoms with Crippen molar-refractivity contribution in [3.63, 3.8) is 0 Å². The van der Waals surface area contributed by atoms with E-state index in [2.05, 4.69) is 4.98 Å². The predicted molar refractivity (Wildman–Crippen MR) is 61.3 cm³/mol. The number of rotatable bonds is 3. The van der Waals surface area contributed by atoms with Crippen LogP contribution in [0.3, 0.4) is 0 Å². The van der Waals surface area contributed by atoms with Crippen LogP contribution in [0.5, 0.6) is 0 Å². The minimum Gasteiger partial charge on any atom is -0.394 e. The van der Waals surface area contributed by atoms with Gasteiger partial charge < -0.3 is 9.84 Å². The molecule has 8 heteroatoms. The topological polar surface area (TPSA) is 101 Å². The fourth-order valence-electron chi connectivity index (χ4n) is 2.11. The largest absolute Gasteiger partial charge is 0.394 e. The zero-order chi connectivity index (χ0) is 14.2. The van der Waals surface area contributed by atoms with Crippen LogP contribution >= 0.6 is 0 Å². The zero-order valence-corrected chi connectivity index (χ0v) is 10.1. The number of halogens is 1. The molecule has 2 N–H and O–H groups in total. The SMILES string of the molecule is Cc1cn([C@H]2C[C@H](C(=O)F)[C@@H](CO)O2)c(=O)[nH]c1=O. The first-order valence-electron chi connectivity index (χ1n) is 5.71. The van der Waals surface area contributed by atoms with Crippen LogP contribution in [0.1, 0.15) is 18.2 Å². The normalized spacial score (nSPS) is 26.6. The highest BCUT2D eigenvalue weighted by molar-refractivity contribution is 5.72. The number of hydrogen-bond donors (Lipinski definition) is 2. The Labute approximate surface area is 106 Å². The van der Waals surface area contributed by atoms with E-state index >= 15 is 0 Å². The molecule has 0 bridgehead atoms. The number of aromatic amines is 1. The van der Waals surface area contributed by atoms with Crippen LogP contribution in [0.25, 0.3) is 0 Å². The van der Waals surface area contributed by atoms with Crippen molar-refractivity contribution in [3.05, 3.63) is 32.6 Å². The van der Waals surface area contributed by atoms with Crippen LogP contribution < -0.4 is 11.2 Å². The summed E-state index contributed by atoms with van der Waals surface area (Å²) in [7, 11) is 0. The first kappa shape index (κ1) is 13.6. The minimum atomic E-state index is -1.59. The average Bonchev–Trinajstić information content (AvgIpc) is 2.77. The van der Waals surface area contributed by atoms with Gasteiger partial charge in [-0.2, -0.15) is 4.39 Å². The van der Waals surface area contributed by atoms with Crippen molar-refractivity contribution >= 4 is 6.04 Å². The maximum absolute atomic E-state index is 12.8. The van der Waals surface area contributed by atoms with Crippen molar-refractivity contribution in [2.45, 2.75) is 25.7 Å². The van der Waals surface area contributed by atoms with E-state index in [0.29, 0.717) is 5.56 Å². The molecule has 1 fully saturated rings. The summed E-state index contributed by atoms with van der Waals surface area (Å²) in [5.74, 6) is -1.10. The molecule has 7 nitrogen and oxygen atoms in total. The summed E-state index contributed by atoms with van der Waals surface area (Å²) >= 11 is 0. The monoisotopic (exact) mass is 272 g/mol. The number of carbonyl (C=O) groups excluding carboxylic acids is 1. The number of carbonyl (C=O) groups is 1. The van der Waals surface area contributed by atoms with E-state index in [1.54, 1.807) is 0 Å². The molecule has 104 valence electrons. The lowest BCUT2D eigenvalue weighted by Gasteiger charge is -2.14. The van der Waals surface area contributed by atoms with Gasteiger partial charge in [-0.1, -0.05) is 0 Å². The molecule has 1 saturated heterocycles. The molecule has 19 heavy (non-hydrogen) atoms. The molecule has 0 aliphatic carbocycles. The number of H-pyrrole nitrogens is 1. The lowest BCUT2D eigenvalue weighted by molar-refractivity contribution is -0.136. The summed E-state index contributed by atoms with van der Waals surface area (Å²) in [6.07, 6.45) is -0.649. The maximum atomic E-state index is 12.8. The zero-order valence-electron chi connectivity index (χ0n) is 10.1. The molecule has 1 aliphatic rings. The summed E-state index contributed by atoms with van der Waals surface area (Å²) in [6.45, 7) is 0.985. The lowest BCUT2D eigenvalue weighted by Crippen LogP contribution is -2.33. The molecule has 1 aromatic rings. The van der Waals surface area contributed by atoms with E-state index in [1.807, 2.05) is 0 Å². The van der Waals surface area contributed by atoms with Gasteiger partial charge in [0.1, 0.15) is 6.23 Å². The van der Waals surface area contributed by atoms with Gasteiger partial charge in [0.25, 0.3) is 5.56 Å². The molecule has 0 saturated carbocycles. The third-order valence-corrected chi connectivity index (χ3v) is 3.16. The second-order valence-corrected chi connectivity index (χ2v) is 4.44. The van der Waals surface area contributed by atoms with Crippen molar-refractivity contribution in [1.29, 1.82) is 0 Å². The van der Waals surface area contributed by atoms with Gasteiger partial charge >= 0.3 is 11.7 Å². The van der Waals surface area contributed by atoms with Gasteiger partial charge in [0.15, 0.2) is 0 Å². The number of ether oxygens (including phenoxy) is 1. The first-order valence-corrected chi connectivity index (χ1v) is 5.71. The van der Waals surface area contributed by atoms with Crippen LogP contribution in [0.15, 0.2) is 15.8 Å². The van der Waals surface area contributed by atoms with E-state index in [0.717, 1.165) is 4.57 Å². The summed E-state index contributed by atoms with van der Waals surface area (Å²) in [6, 6.07) is -1.59. The Morgan fingerprint density at radius 1 is 1.63 bits per heavy atom. The van der Waals surface area contributed by atoms with Gasteiger partial charge in [-0.25, -0.2) is 4.79 Å². The average molecular weight is 272 g/mol. The van der Waals surface area contributed by atoms with Crippen molar-refractivity contribution in [3.8, 4) is 0 Å². The molecular weight excluding hydrogens is 259 g/mol. The molecule has 0 amide bonds. The van der Waals surface area contributed by atoms with E-state index in [9.17, 15) is 18.8 Å². The summed E-state index contributed by atoms with van der Waals surface area (Å²) in [5, 5.41) is 9.03. The summed E-state index contributed by atoms with van der Waals surface area (Å²) in [5.41, 5.74) is -0.931. The molecule has 1 aliphatic heterocycles. The van der Waals surface area contributed by atoms with Crippen molar-refractivity contribution in [2.75, 3.05) is 6.61 Å². The molecule has 1 aromatic heterocycles. The van der Waals surface area contributed by atoms with Crippen molar-refractivity contribution in [2.24, 2.45) is 5.92 Å². The molecule has 0 unspecified atom stereocenters. The number of aliphatic hydroxyl groups excluding tert-OH is 1. The van der Waals surface area contributed by atoms with Gasteiger partial charge in [-0.3, -0.25) is 19.1 Å². The third kappa shape index (κ3) is 2.49. The molecule has 2 heterocycles. The summed E-state index contributed by atoms with van der Waals surface area (Å²) in [4.78, 5) is 35.8. The quantitative estimate of drug-likeness (QED) is 0.704. The summed E-state index contributed by atoms with van der Waals surface area (Å²) < 4.78 is 19.2. The third-order valence-electron chi connectivity index (χ3n) is 3.16. The Kier molecular flexibility index (Phi) is 3.63. The number of nitrogens with one attached hydrogen (secondary N) is 1. The highest BCUT2D eigenvalue weighted by Crippen LogP contribution is 2.33. The van der Waals surface area contributed by atoms with Gasteiger partial charge in [-0.05, 0) is 6.92 Å². The van der Waals surface area contributed by atoms with Crippen molar-refractivity contribution in [1.82, 2.24) is 9.55 Å². The fourth-order valence-corrected chi connectivity index (χ4v) is 2.11. The van der Waals surface area contributed by atoms with E-state index in [1.165, 1.54) is 13.1 Å². The molecule has 0 aromatic carbocycles. The number of nitrogens with zero attached hydrogens (tertiary/aromatic N) is 1. The van der Waals surface area contributed by atoms with Gasteiger partial charge in [-0.15, -0.1) is 0 Å². The van der Waals surface area contributed by atoms with Gasteiger partial charge in [0.05, 0.1) is 18.6 Å². The Morgan fingerprint density at radius 2 is 2.32 bits per heavy atom. The van der Waals surface area contributed by atoms with Crippen LogP contribution in [0.4, 0.5) is 4.39 Å². The number of aromatic nitrogens is 2. The fraction of sp³-hybridized carbons (Fsp3) is 0.545. The molecule has 0 radical (unpaired) electrons. The molecule has 2 rings (SSSR count). The Balaban J connectivity index is 2.35. The molecular formula is C11H13FN2O5. The van der Waals surface area contributed by atoms with Gasteiger partial charge in [0.2, 0.25) is 0 Å². The highest BCUT2D eigenvalue weighted by atomic mass is 19.1. The Bertz CT molecular complexity index is 608. The molecule has 3 atom stereocenters. The number of aliphatic hydroxyl groups is 1. The van der Waals surface area contributed by atoms with E-state index in [-0.39, 0.29) is 6.42 Å². The minimum absolute atomic E-state index is 0.0635. The smallest absolute Gasteiger partial charge is 0.330 e. The van der Waals surface area contributed by atoms with Crippen molar-refractivity contribution < 1.29 is 19.0 Å². The second-order valence-electron chi connectivity index (χ2n) is 4.44. The highest BCUT2D eigenvalue weighted by Gasteiger charge is 2.40. The maximum Gasteiger partial charge on any atom is 0.330 e. The first-order chi connectivity index (χ1) is 8.93. The van der Waals surface area contributed by atoms with E-state index < -0.39 is 42.1 Å². The lowest BCUT2D eigenvalue weighted by atomic mass is 10.0. The second kappa shape index (κ2) is 5.06.